The van der Waals surface area contributed by atoms with Gasteiger partial charge in [-0.1, -0.05) is 27.4 Å². The van der Waals surface area contributed by atoms with E-state index in [1.807, 2.05) is 0 Å². The van der Waals surface area contributed by atoms with Gasteiger partial charge in [0.05, 0.1) is 7.11 Å². The number of rotatable bonds is 7. The zero-order valence-corrected chi connectivity index (χ0v) is 12.8. The van der Waals surface area contributed by atoms with Gasteiger partial charge in [0.2, 0.25) is 0 Å². The minimum Gasteiger partial charge on any atom is -0.466 e. The number of hydrogen-bond acceptors (Lipinski definition) is 4. The molecule has 0 aromatic rings. The molecular weight excluding hydrogens is 244 g/mol. The number of carbonyl (C=O) groups is 3. The summed E-state index contributed by atoms with van der Waals surface area (Å²) in [4.78, 5) is 34.9. The van der Waals surface area contributed by atoms with Crippen LogP contribution >= 0.6 is 0 Å². The maximum atomic E-state index is 11.9. The molecule has 4 heteroatoms. The zero-order valence-electron chi connectivity index (χ0n) is 12.8. The average molecular weight is 268 g/mol. The van der Waals surface area contributed by atoms with Crippen LogP contribution in [0.3, 0.4) is 0 Å². The van der Waals surface area contributed by atoms with E-state index in [0.717, 1.165) is 0 Å². The molecule has 0 saturated heterocycles. The summed E-state index contributed by atoms with van der Waals surface area (Å²) in [6, 6.07) is 0. The fourth-order valence-corrected chi connectivity index (χ4v) is 2.10. The van der Waals surface area contributed by atoms with Crippen molar-refractivity contribution in [3.8, 4) is 0 Å². The number of carbonyl (C=O) groups excluding carboxylic acids is 3. The van der Waals surface area contributed by atoms with Crippen molar-refractivity contribution < 1.29 is 19.1 Å². The van der Waals surface area contributed by atoms with E-state index in [4.69, 9.17) is 0 Å². The first-order chi connectivity index (χ1) is 8.46. The Balaban J connectivity index is 5.19. The molecule has 19 heavy (non-hydrogen) atoms. The zero-order chi connectivity index (χ0) is 15.4. The van der Waals surface area contributed by atoms with Crippen LogP contribution in [-0.2, 0) is 19.1 Å². The maximum absolute atomic E-state index is 11.9. The van der Waals surface area contributed by atoms with Gasteiger partial charge in [0.1, 0.15) is 11.6 Å². The van der Waals surface area contributed by atoms with Crippen LogP contribution in [-0.4, -0.2) is 24.6 Å². The molecule has 1 atom stereocenters. The third kappa shape index (κ3) is 4.62. The lowest BCUT2D eigenvalue weighted by Crippen LogP contribution is -2.36. The van der Waals surface area contributed by atoms with E-state index in [9.17, 15) is 14.4 Å². The molecular formula is C15H24O4. The molecule has 0 amide bonds. The van der Waals surface area contributed by atoms with Crippen molar-refractivity contribution in [3.05, 3.63) is 12.2 Å². The van der Waals surface area contributed by atoms with Crippen molar-refractivity contribution in [1.29, 1.82) is 0 Å². The van der Waals surface area contributed by atoms with E-state index in [0.29, 0.717) is 6.42 Å². The highest BCUT2D eigenvalue weighted by atomic mass is 16.5. The predicted molar refractivity (Wildman–Crippen MR) is 73.6 cm³/mol. The third-order valence-electron chi connectivity index (χ3n) is 3.71. The van der Waals surface area contributed by atoms with Gasteiger partial charge in [-0.3, -0.25) is 9.59 Å². The molecule has 0 aliphatic rings. The normalized spacial score (nSPS) is 14.4. The second-order valence-electron chi connectivity index (χ2n) is 6.01. The Bertz CT molecular complexity index is 406. The molecule has 4 nitrogen and oxygen atoms in total. The monoisotopic (exact) mass is 268 g/mol. The summed E-state index contributed by atoms with van der Waals surface area (Å²) in [5.41, 5.74) is -1.16. The van der Waals surface area contributed by atoms with Gasteiger partial charge in [0.25, 0.3) is 0 Å². The number of ether oxygens (including phenoxy) is 1. The Morgan fingerprint density at radius 2 is 1.53 bits per heavy atom. The molecule has 0 heterocycles. The van der Waals surface area contributed by atoms with Crippen LogP contribution in [0, 0.1) is 10.8 Å². The first-order valence-electron chi connectivity index (χ1n) is 6.24. The van der Waals surface area contributed by atoms with Crippen LogP contribution in [0.5, 0.6) is 0 Å². The molecule has 108 valence electrons. The van der Waals surface area contributed by atoms with Gasteiger partial charge < -0.3 is 4.74 Å². The number of hydrogen-bond donors (Lipinski definition) is 0. The SMILES string of the molecule is C=C(CC(C)(CC(C)(C)C(C)=O)C(C)=O)C(=O)OC. The molecule has 0 aromatic heterocycles. The van der Waals surface area contributed by atoms with Crippen molar-refractivity contribution in [2.75, 3.05) is 7.11 Å². The van der Waals surface area contributed by atoms with E-state index in [2.05, 4.69) is 11.3 Å². The molecule has 1 unspecified atom stereocenters. The van der Waals surface area contributed by atoms with Crippen LogP contribution in [0.2, 0.25) is 0 Å². The number of esters is 1. The molecule has 0 N–H and O–H groups in total. The molecule has 0 rings (SSSR count). The van der Waals surface area contributed by atoms with E-state index in [1.165, 1.54) is 21.0 Å². The maximum Gasteiger partial charge on any atom is 0.333 e. The van der Waals surface area contributed by atoms with Crippen LogP contribution in [0.15, 0.2) is 12.2 Å². The van der Waals surface area contributed by atoms with Crippen LogP contribution in [0.25, 0.3) is 0 Å². The Labute approximate surface area is 115 Å². The van der Waals surface area contributed by atoms with Gasteiger partial charge in [-0.05, 0) is 26.7 Å². The Hall–Kier alpha value is -1.45. The summed E-state index contributed by atoms with van der Waals surface area (Å²) in [5.74, 6) is -0.566. The van der Waals surface area contributed by atoms with Gasteiger partial charge in [0, 0.05) is 16.4 Å². The lowest BCUT2D eigenvalue weighted by Gasteiger charge is -2.34. The molecule has 0 aliphatic heterocycles. The number of methoxy groups -OCH3 is 1. The summed E-state index contributed by atoms with van der Waals surface area (Å²) in [5, 5.41) is 0. The quantitative estimate of drug-likeness (QED) is 0.526. The minimum atomic E-state index is -0.791. The minimum absolute atomic E-state index is 0.0173. The average Bonchev–Trinajstić information content (AvgIpc) is 2.26. The molecule has 0 spiro atoms. The smallest absolute Gasteiger partial charge is 0.333 e. The first-order valence-corrected chi connectivity index (χ1v) is 6.24. The molecule has 0 saturated carbocycles. The van der Waals surface area contributed by atoms with Crippen LogP contribution in [0.1, 0.15) is 47.5 Å². The summed E-state index contributed by atoms with van der Waals surface area (Å²) in [6.45, 7) is 12.0. The molecule has 0 aliphatic carbocycles. The molecule has 0 radical (unpaired) electrons. The summed E-state index contributed by atoms with van der Waals surface area (Å²) in [7, 11) is 1.28. The van der Waals surface area contributed by atoms with Gasteiger partial charge in [-0.15, -0.1) is 0 Å². The summed E-state index contributed by atoms with van der Waals surface area (Å²) >= 11 is 0. The van der Waals surface area contributed by atoms with Crippen LogP contribution in [0.4, 0.5) is 0 Å². The van der Waals surface area contributed by atoms with Crippen molar-refractivity contribution in [1.82, 2.24) is 0 Å². The van der Waals surface area contributed by atoms with Gasteiger partial charge in [-0.25, -0.2) is 4.79 Å². The van der Waals surface area contributed by atoms with Gasteiger partial charge in [-0.2, -0.15) is 0 Å². The van der Waals surface area contributed by atoms with E-state index >= 15 is 0 Å². The van der Waals surface area contributed by atoms with Crippen molar-refractivity contribution in [2.24, 2.45) is 10.8 Å². The molecule has 0 bridgehead atoms. The van der Waals surface area contributed by atoms with Gasteiger partial charge >= 0.3 is 5.97 Å². The molecule has 0 aromatic carbocycles. The fraction of sp³-hybridized carbons (Fsp3) is 0.667. The fourth-order valence-electron chi connectivity index (χ4n) is 2.10. The highest BCUT2D eigenvalue weighted by Crippen LogP contribution is 2.39. The lowest BCUT2D eigenvalue weighted by atomic mass is 9.67. The Morgan fingerprint density at radius 1 is 1.05 bits per heavy atom. The van der Waals surface area contributed by atoms with Gasteiger partial charge in [0.15, 0.2) is 0 Å². The Kier molecular flexibility index (Phi) is 5.66. The van der Waals surface area contributed by atoms with E-state index in [-0.39, 0.29) is 23.6 Å². The first kappa shape index (κ1) is 17.6. The predicted octanol–water partition coefficient (Wildman–Crippen LogP) is 2.71. The second-order valence-corrected chi connectivity index (χ2v) is 6.01. The second kappa shape index (κ2) is 6.13. The largest absolute Gasteiger partial charge is 0.466 e. The highest BCUT2D eigenvalue weighted by Gasteiger charge is 2.39. The van der Waals surface area contributed by atoms with Crippen molar-refractivity contribution >= 4 is 17.5 Å². The van der Waals surface area contributed by atoms with E-state index < -0.39 is 16.8 Å². The Morgan fingerprint density at radius 3 is 1.84 bits per heavy atom. The standard InChI is InChI=1S/C15H24O4/c1-10(13(18)19-7)8-15(6,12(3)17)9-14(4,5)11(2)16/h1,8-9H2,2-7H3. The number of Topliss-reactive ketones (excluding diaryl/α,β-unsaturated/α-hetero) is 2. The summed E-state index contributed by atoms with van der Waals surface area (Å²) < 4.78 is 4.60. The van der Waals surface area contributed by atoms with Crippen molar-refractivity contribution in [3.63, 3.8) is 0 Å². The van der Waals surface area contributed by atoms with Crippen LogP contribution < -0.4 is 0 Å². The topological polar surface area (TPSA) is 60.4 Å². The lowest BCUT2D eigenvalue weighted by molar-refractivity contribution is -0.137. The van der Waals surface area contributed by atoms with Crippen molar-refractivity contribution in [2.45, 2.75) is 47.5 Å². The number of ketones is 2. The highest BCUT2D eigenvalue weighted by molar-refractivity contribution is 5.91. The molecule has 0 fully saturated rings. The summed E-state index contributed by atoms with van der Waals surface area (Å²) in [6.07, 6.45) is 0.576. The van der Waals surface area contributed by atoms with E-state index in [1.54, 1.807) is 20.8 Å². The third-order valence-corrected chi connectivity index (χ3v) is 3.71.